The van der Waals surface area contributed by atoms with E-state index in [4.69, 9.17) is 16.3 Å². The Labute approximate surface area is 196 Å². The van der Waals surface area contributed by atoms with Gasteiger partial charge >= 0.3 is 0 Å². The minimum Gasteiger partial charge on any atom is -0.491 e. The van der Waals surface area contributed by atoms with E-state index in [1.807, 2.05) is 24.3 Å². The fourth-order valence-corrected chi connectivity index (χ4v) is 5.60. The van der Waals surface area contributed by atoms with E-state index in [0.717, 1.165) is 11.3 Å². The monoisotopic (exact) mass is 478 g/mol. The molecule has 0 aromatic heterocycles. The van der Waals surface area contributed by atoms with Gasteiger partial charge in [0.25, 0.3) is 0 Å². The highest BCUT2D eigenvalue weighted by molar-refractivity contribution is 7.88. The maximum atomic E-state index is 12.9. The van der Waals surface area contributed by atoms with Gasteiger partial charge in [0.15, 0.2) is 0 Å². The van der Waals surface area contributed by atoms with Crippen LogP contribution in [0.2, 0.25) is 5.02 Å². The lowest BCUT2D eigenvalue weighted by molar-refractivity contribution is -0.126. The van der Waals surface area contributed by atoms with Crippen molar-refractivity contribution in [1.29, 1.82) is 0 Å². The average Bonchev–Trinajstić information content (AvgIpc) is 2.78. The van der Waals surface area contributed by atoms with Gasteiger partial charge in [0, 0.05) is 18.1 Å². The van der Waals surface area contributed by atoms with E-state index < -0.39 is 10.0 Å². The predicted molar refractivity (Wildman–Crippen MR) is 127 cm³/mol. The Balaban J connectivity index is 1.49. The van der Waals surface area contributed by atoms with E-state index >= 15 is 0 Å². The van der Waals surface area contributed by atoms with Crippen LogP contribution in [0, 0.1) is 5.92 Å². The Kier molecular flexibility index (Phi) is 8.57. The molecular weight excluding hydrogens is 448 g/mol. The number of piperidine rings is 1. The van der Waals surface area contributed by atoms with Crippen LogP contribution in [0.5, 0.6) is 5.75 Å². The molecule has 1 aliphatic heterocycles. The Morgan fingerprint density at radius 2 is 1.91 bits per heavy atom. The molecule has 1 heterocycles. The summed E-state index contributed by atoms with van der Waals surface area (Å²) < 4.78 is 33.0. The largest absolute Gasteiger partial charge is 0.491 e. The number of carbonyl (C=O) groups is 1. The van der Waals surface area contributed by atoms with Crippen molar-refractivity contribution in [2.24, 2.45) is 5.92 Å². The number of benzene rings is 2. The predicted octanol–water partition coefficient (Wildman–Crippen LogP) is 4.20. The molecule has 1 unspecified atom stereocenters. The van der Waals surface area contributed by atoms with Gasteiger partial charge in [-0.2, -0.15) is 0 Å². The molecule has 2 aromatic carbocycles. The van der Waals surface area contributed by atoms with Gasteiger partial charge in [-0.15, -0.1) is 0 Å². The molecule has 0 saturated carbocycles. The van der Waals surface area contributed by atoms with Crippen molar-refractivity contribution in [3.8, 4) is 5.75 Å². The summed E-state index contributed by atoms with van der Waals surface area (Å²) in [4.78, 5) is 12.7. The highest BCUT2D eigenvalue weighted by Gasteiger charge is 2.32. The second-order valence-electron chi connectivity index (χ2n) is 8.41. The minimum atomic E-state index is -3.50. The van der Waals surface area contributed by atoms with Gasteiger partial charge in [0.2, 0.25) is 15.9 Å². The average molecular weight is 479 g/mol. The standard InChI is InChI=1S/C24H31ClN2O4S/c1-18(2)22-7-3-4-8-23(22)31-15-13-26-24(28)20-6-5-14-27(16-20)32(29,30)17-19-9-11-21(25)12-10-19/h3-4,7-12,18,20H,5-6,13-17H2,1-2H3,(H,26,28). The first-order valence-electron chi connectivity index (χ1n) is 11.0. The maximum Gasteiger partial charge on any atom is 0.224 e. The number of nitrogens with zero attached hydrogens (tertiary/aromatic N) is 1. The molecule has 6 nitrogen and oxygen atoms in total. The zero-order valence-electron chi connectivity index (χ0n) is 18.6. The third kappa shape index (κ3) is 6.70. The summed E-state index contributed by atoms with van der Waals surface area (Å²) in [5.74, 6) is 0.600. The summed E-state index contributed by atoms with van der Waals surface area (Å²) in [5, 5.41) is 3.47. The number of para-hydroxylation sites is 1. The van der Waals surface area contributed by atoms with E-state index in [1.165, 1.54) is 4.31 Å². The zero-order valence-corrected chi connectivity index (χ0v) is 20.2. The quantitative estimate of drug-likeness (QED) is 0.548. The van der Waals surface area contributed by atoms with Crippen LogP contribution in [-0.2, 0) is 20.6 Å². The number of amides is 1. The van der Waals surface area contributed by atoms with Gasteiger partial charge in [-0.25, -0.2) is 12.7 Å². The van der Waals surface area contributed by atoms with Crippen LogP contribution in [0.1, 0.15) is 43.7 Å². The van der Waals surface area contributed by atoms with Crippen molar-refractivity contribution in [2.75, 3.05) is 26.2 Å². The Morgan fingerprint density at radius 3 is 2.62 bits per heavy atom. The second kappa shape index (κ2) is 11.2. The van der Waals surface area contributed by atoms with E-state index in [9.17, 15) is 13.2 Å². The summed E-state index contributed by atoms with van der Waals surface area (Å²) in [6, 6.07) is 14.7. The van der Waals surface area contributed by atoms with Gasteiger partial charge in [0.1, 0.15) is 12.4 Å². The number of nitrogens with one attached hydrogen (secondary N) is 1. The third-order valence-electron chi connectivity index (χ3n) is 5.61. The number of ether oxygens (including phenoxy) is 1. The summed E-state index contributed by atoms with van der Waals surface area (Å²) in [5.41, 5.74) is 1.81. The fourth-order valence-electron chi connectivity index (χ4n) is 3.86. The molecule has 1 saturated heterocycles. The molecule has 2 aromatic rings. The SMILES string of the molecule is CC(C)c1ccccc1OCCNC(=O)C1CCCN(S(=O)(=O)Cc2ccc(Cl)cc2)C1. The van der Waals surface area contributed by atoms with Crippen molar-refractivity contribution in [3.05, 3.63) is 64.7 Å². The molecule has 3 rings (SSSR count). The van der Waals surface area contributed by atoms with Crippen molar-refractivity contribution in [3.63, 3.8) is 0 Å². The summed E-state index contributed by atoms with van der Waals surface area (Å²) in [6.07, 6.45) is 1.34. The molecule has 1 atom stereocenters. The highest BCUT2D eigenvalue weighted by Crippen LogP contribution is 2.26. The molecule has 0 bridgehead atoms. The van der Waals surface area contributed by atoms with Gasteiger partial charge in [-0.3, -0.25) is 4.79 Å². The van der Waals surface area contributed by atoms with Crippen LogP contribution in [-0.4, -0.2) is 44.9 Å². The first-order valence-corrected chi connectivity index (χ1v) is 13.0. The van der Waals surface area contributed by atoms with Crippen LogP contribution in [0.3, 0.4) is 0 Å². The van der Waals surface area contributed by atoms with Crippen LogP contribution < -0.4 is 10.1 Å². The van der Waals surface area contributed by atoms with Gasteiger partial charge in [0.05, 0.1) is 18.2 Å². The van der Waals surface area contributed by atoms with E-state index in [-0.39, 0.29) is 24.1 Å². The van der Waals surface area contributed by atoms with E-state index in [0.29, 0.717) is 49.0 Å². The van der Waals surface area contributed by atoms with Crippen molar-refractivity contribution < 1.29 is 17.9 Å². The smallest absolute Gasteiger partial charge is 0.224 e. The van der Waals surface area contributed by atoms with E-state index in [2.05, 4.69) is 19.2 Å². The third-order valence-corrected chi connectivity index (χ3v) is 7.68. The second-order valence-corrected chi connectivity index (χ2v) is 10.8. The lowest BCUT2D eigenvalue weighted by atomic mass is 9.99. The molecular formula is C24H31ClN2O4S. The van der Waals surface area contributed by atoms with Crippen LogP contribution in [0.25, 0.3) is 0 Å². The van der Waals surface area contributed by atoms with Crippen LogP contribution in [0.4, 0.5) is 0 Å². The summed E-state index contributed by atoms with van der Waals surface area (Å²) in [6.45, 7) is 5.60. The normalized spacial score (nSPS) is 17.3. The van der Waals surface area contributed by atoms with Crippen molar-refractivity contribution in [1.82, 2.24) is 9.62 Å². The first-order chi connectivity index (χ1) is 15.3. The van der Waals surface area contributed by atoms with Crippen LogP contribution >= 0.6 is 11.6 Å². The number of halogens is 1. The maximum absolute atomic E-state index is 12.9. The summed E-state index contributed by atoms with van der Waals surface area (Å²) >= 11 is 5.88. The zero-order chi connectivity index (χ0) is 23.1. The first kappa shape index (κ1) is 24.6. The molecule has 0 radical (unpaired) electrons. The fraction of sp³-hybridized carbons (Fsp3) is 0.458. The number of hydrogen-bond acceptors (Lipinski definition) is 4. The number of sulfonamides is 1. The van der Waals surface area contributed by atoms with Crippen LogP contribution in [0.15, 0.2) is 48.5 Å². The van der Waals surface area contributed by atoms with Crippen molar-refractivity contribution >= 4 is 27.5 Å². The Bertz CT molecular complexity index is 1010. The lowest BCUT2D eigenvalue weighted by Gasteiger charge is -2.31. The van der Waals surface area contributed by atoms with Crippen molar-refractivity contribution in [2.45, 2.75) is 38.4 Å². The number of hydrogen-bond donors (Lipinski definition) is 1. The minimum absolute atomic E-state index is 0.0956. The summed E-state index contributed by atoms with van der Waals surface area (Å²) in [7, 11) is -3.50. The molecule has 174 valence electrons. The Hall–Kier alpha value is -2.09. The molecule has 0 spiro atoms. The van der Waals surface area contributed by atoms with Gasteiger partial charge in [-0.1, -0.05) is 55.8 Å². The topological polar surface area (TPSA) is 75.7 Å². The molecule has 1 fully saturated rings. The molecule has 0 aliphatic carbocycles. The molecule has 1 aliphatic rings. The highest BCUT2D eigenvalue weighted by atomic mass is 35.5. The number of carbonyl (C=O) groups excluding carboxylic acids is 1. The molecule has 8 heteroatoms. The van der Waals surface area contributed by atoms with E-state index in [1.54, 1.807) is 24.3 Å². The van der Waals surface area contributed by atoms with Gasteiger partial charge in [-0.05, 0) is 48.1 Å². The lowest BCUT2D eigenvalue weighted by Crippen LogP contribution is -2.46. The van der Waals surface area contributed by atoms with Gasteiger partial charge < -0.3 is 10.1 Å². The Morgan fingerprint density at radius 1 is 1.19 bits per heavy atom. The molecule has 1 amide bonds. The molecule has 32 heavy (non-hydrogen) atoms. The number of rotatable bonds is 9. The molecule has 1 N–H and O–H groups in total.